The van der Waals surface area contributed by atoms with Gasteiger partial charge >= 0.3 is 4.28 Å². The van der Waals surface area contributed by atoms with Gasteiger partial charge < -0.3 is 99.5 Å². The van der Waals surface area contributed by atoms with Crippen LogP contribution < -0.4 is 0 Å². The van der Waals surface area contributed by atoms with E-state index in [0.29, 0.717) is 60.0 Å². The van der Waals surface area contributed by atoms with E-state index in [-0.39, 0.29) is 97.9 Å². The van der Waals surface area contributed by atoms with Crippen LogP contribution in [0.1, 0.15) is 4.28 Å². The van der Waals surface area contributed by atoms with Crippen LogP contribution in [0, 0.1) is 0 Å². The molecule has 0 amide bonds. The highest BCUT2D eigenvalue weighted by molar-refractivity contribution is 4.97. The fraction of sp³-hybridized carbons (Fsp3) is 1.00. The molecule has 342 valence electrons. The number of hydrogen-bond acceptors (Lipinski definition) is 21. The summed E-state index contributed by atoms with van der Waals surface area (Å²) < 4.78 is 107. The zero-order valence-corrected chi connectivity index (χ0v) is 36.0. The van der Waals surface area contributed by atoms with Crippen molar-refractivity contribution in [1.82, 2.24) is 0 Å². The van der Waals surface area contributed by atoms with E-state index in [9.17, 15) is 0 Å². The van der Waals surface area contributed by atoms with Crippen molar-refractivity contribution in [3.05, 3.63) is 0 Å². The summed E-state index contributed by atoms with van der Waals surface area (Å²) in [4.78, 5) is 0. The molecule has 12 atom stereocenters. The Balaban J connectivity index is -0.000000682. The summed E-state index contributed by atoms with van der Waals surface area (Å²) in [5.41, 5.74) is 0. The van der Waals surface area contributed by atoms with Crippen molar-refractivity contribution < 1.29 is 104 Å². The van der Waals surface area contributed by atoms with Gasteiger partial charge in [0.05, 0.1) is 39.6 Å². The maximum Gasteiger partial charge on any atom is 1.00 e. The Bertz CT molecular complexity index is 799. The summed E-state index contributed by atoms with van der Waals surface area (Å²) in [6, 6.07) is 0. The molecular formula is C36H75O21+3. The molecule has 0 bridgehead atoms. The molecule has 0 aromatic heterocycles. The predicted octanol–water partition coefficient (Wildman–Crippen LogP) is 0.412. The van der Waals surface area contributed by atoms with E-state index in [2.05, 4.69) is 28.4 Å². The smallest absolute Gasteiger partial charge is 0.376 e. The van der Waals surface area contributed by atoms with Crippen molar-refractivity contribution in [1.29, 1.82) is 0 Å². The van der Waals surface area contributed by atoms with Gasteiger partial charge in [-0.3, -0.25) is 0 Å². The van der Waals surface area contributed by atoms with Gasteiger partial charge in [0.15, 0.2) is 0 Å². The molecule has 0 aliphatic carbocycles. The Kier molecular flexibility index (Phi) is 33.1. The molecule has 0 saturated carbocycles. The highest BCUT2D eigenvalue weighted by atomic mass is 16.7. The van der Waals surface area contributed by atoms with E-state index in [0.717, 1.165) is 0 Å². The molecule has 0 aromatic carbocycles. The lowest BCUT2D eigenvalue weighted by molar-refractivity contribution is -0.107. The molecule has 0 spiro atoms. The molecule has 6 unspecified atom stereocenters. The van der Waals surface area contributed by atoms with Crippen molar-refractivity contribution in [2.45, 2.75) is 73.2 Å². The second kappa shape index (κ2) is 34.8. The molecular weight excluding hydrogens is 768 g/mol. The molecule has 57 heavy (non-hydrogen) atoms. The van der Waals surface area contributed by atoms with Crippen LogP contribution in [0.15, 0.2) is 0 Å². The van der Waals surface area contributed by atoms with Crippen LogP contribution in [0.2, 0.25) is 0 Å². The van der Waals surface area contributed by atoms with E-state index in [4.69, 9.17) is 71.1 Å². The maximum absolute atomic E-state index is 5.56. The molecule has 21 heteroatoms. The van der Waals surface area contributed by atoms with Crippen LogP contribution in [-0.2, 0) is 99.5 Å². The first-order valence-electron chi connectivity index (χ1n) is 18.4. The normalized spacial score (nSPS) is 32.8. The topological polar surface area (TPSA) is 194 Å². The van der Waals surface area contributed by atoms with E-state index in [1.807, 2.05) is 0 Å². The van der Waals surface area contributed by atoms with E-state index in [1.165, 1.54) is 0 Å². The molecule has 6 fully saturated rings. The number of rotatable bonds is 18. The first kappa shape index (κ1) is 54.2. The lowest BCUT2D eigenvalue weighted by Gasteiger charge is -2.15. The summed E-state index contributed by atoms with van der Waals surface area (Å²) >= 11 is 0. The first-order chi connectivity index (χ1) is 27.8. The van der Waals surface area contributed by atoms with Crippen molar-refractivity contribution in [3.8, 4) is 0 Å². The molecule has 6 aliphatic heterocycles. The van der Waals surface area contributed by atoms with E-state index >= 15 is 0 Å². The molecule has 6 saturated heterocycles. The molecule has 0 N–H and O–H groups in total. The first-order valence-corrected chi connectivity index (χ1v) is 18.4. The number of methoxy groups -OCH3 is 12. The average Bonchev–Trinajstić information content (AvgIpc) is 4.09. The highest BCUT2D eigenvalue weighted by Crippen LogP contribution is 2.32. The molecule has 0 aromatic rings. The van der Waals surface area contributed by atoms with Crippen LogP contribution in [0.5, 0.6) is 0 Å². The molecule has 6 aliphatic rings. The average molecular weight is 844 g/mol. The third-order valence-corrected chi connectivity index (χ3v) is 8.70. The van der Waals surface area contributed by atoms with Gasteiger partial charge in [0.1, 0.15) is 114 Å². The summed E-state index contributed by atoms with van der Waals surface area (Å²) in [7, 11) is 19.3. The highest BCUT2D eigenvalue weighted by Gasteiger charge is 2.50. The Morgan fingerprint density at radius 2 is 0.456 bits per heavy atom. The minimum atomic E-state index is -0.0277. The van der Waals surface area contributed by atoms with Gasteiger partial charge in [-0.2, -0.15) is 0 Å². The molecule has 6 heterocycles. The second-order valence-electron chi connectivity index (χ2n) is 12.5. The molecule has 6 rings (SSSR count). The van der Waals surface area contributed by atoms with Gasteiger partial charge in [-0.25, -0.2) is 0 Å². The minimum Gasteiger partial charge on any atom is -0.376 e. The second-order valence-corrected chi connectivity index (χ2v) is 12.5. The summed E-state index contributed by atoms with van der Waals surface area (Å²) in [6.45, 7) is 5.40. The summed E-state index contributed by atoms with van der Waals surface area (Å²) in [5.74, 6) is 0. The third-order valence-electron chi connectivity index (χ3n) is 8.70. The van der Waals surface area contributed by atoms with Gasteiger partial charge in [-0.15, -0.1) is 0 Å². The Labute approximate surface area is 342 Å². The number of fused-ring (bicyclic) bond motifs is 3. The van der Waals surface area contributed by atoms with Crippen molar-refractivity contribution in [2.75, 3.05) is 166 Å². The summed E-state index contributed by atoms with van der Waals surface area (Å²) in [6.07, 6.45) is 0.0644. The monoisotopic (exact) mass is 843 g/mol. The van der Waals surface area contributed by atoms with Crippen LogP contribution in [0.3, 0.4) is 0 Å². The Morgan fingerprint density at radius 1 is 0.281 bits per heavy atom. The van der Waals surface area contributed by atoms with Crippen molar-refractivity contribution in [2.24, 2.45) is 0 Å². The van der Waals surface area contributed by atoms with Gasteiger partial charge in [-0.1, -0.05) is 0 Å². The van der Waals surface area contributed by atoms with Gasteiger partial charge in [0.25, 0.3) is 0 Å². The zero-order chi connectivity index (χ0) is 42.3. The van der Waals surface area contributed by atoms with E-state index < -0.39 is 0 Å². The lowest BCUT2D eigenvalue weighted by Crippen LogP contribution is -2.33. The fourth-order valence-electron chi connectivity index (χ4n) is 6.14. The van der Waals surface area contributed by atoms with E-state index in [1.54, 1.807) is 85.3 Å². The van der Waals surface area contributed by atoms with Crippen LogP contribution in [0.4, 0.5) is 0 Å². The standard InChI is InChI=1S/3C9H16O5.3C3H8O2/c3*1-10-5-14-7-4-13-8-6(11-2)3-12-9(7)8;3*1-4-3-5-2/h3*6-9H,3-5H2,1-2H3;3*3H2,1-2H3/p+3/t6-,7+,8?,9?;2*6-,7-,8?,9?;;;/m010.../s1. The SMILES string of the molecule is COCOC.COCOC.COCOC.COCO[C@@H]1COC2C1OC[C@@H]2OC.COCO[C@@H]1COC2C1OC[C@H]2OC.COCO[C@H]1COC2C1OC[C@@H]2OC.[H+].[H+].[H+]. The van der Waals surface area contributed by atoms with Crippen LogP contribution in [0.25, 0.3) is 0 Å². The van der Waals surface area contributed by atoms with Crippen LogP contribution >= 0.6 is 0 Å². The van der Waals surface area contributed by atoms with Crippen molar-refractivity contribution in [3.63, 3.8) is 0 Å². The van der Waals surface area contributed by atoms with Gasteiger partial charge in [0.2, 0.25) is 0 Å². The number of hydrogen-bond donors (Lipinski definition) is 0. The van der Waals surface area contributed by atoms with Crippen LogP contribution in [-0.4, -0.2) is 239 Å². The number of ether oxygens (including phenoxy) is 21. The predicted molar refractivity (Wildman–Crippen MR) is 201 cm³/mol. The Morgan fingerprint density at radius 3 is 0.614 bits per heavy atom. The Hall–Kier alpha value is -0.840. The van der Waals surface area contributed by atoms with Gasteiger partial charge in [-0.05, 0) is 0 Å². The lowest BCUT2D eigenvalue weighted by atomic mass is 10.1. The zero-order valence-electron chi connectivity index (χ0n) is 39.0. The third kappa shape index (κ3) is 19.6. The van der Waals surface area contributed by atoms with Gasteiger partial charge in [0, 0.05) is 85.3 Å². The molecule has 0 radical (unpaired) electrons. The van der Waals surface area contributed by atoms with Crippen molar-refractivity contribution >= 4 is 0 Å². The largest absolute Gasteiger partial charge is 1.00 e. The minimum absolute atomic E-state index is 0. The maximum atomic E-state index is 5.56. The fourth-order valence-corrected chi connectivity index (χ4v) is 6.14. The quantitative estimate of drug-likeness (QED) is 0.172. The summed E-state index contributed by atoms with van der Waals surface area (Å²) in [5, 5.41) is 0. The molecule has 21 nitrogen and oxygen atoms in total.